The zero-order chi connectivity index (χ0) is 24.4. The lowest BCUT2D eigenvalue weighted by Crippen LogP contribution is -2.49. The molecule has 4 rings (SSSR count). The van der Waals surface area contributed by atoms with Crippen LogP contribution in [0.4, 0.5) is 13.2 Å². The largest absolute Gasteiger partial charge is 0.473 e. The summed E-state index contributed by atoms with van der Waals surface area (Å²) in [6, 6.07) is 0. The van der Waals surface area contributed by atoms with Gasteiger partial charge in [0.2, 0.25) is 5.88 Å². The predicted octanol–water partition coefficient (Wildman–Crippen LogP) is 4.17. The van der Waals surface area contributed by atoms with Gasteiger partial charge in [-0.3, -0.25) is 0 Å². The Balaban J connectivity index is 1.18. The monoisotopic (exact) mass is 505 g/mol. The van der Waals surface area contributed by atoms with Crippen LogP contribution in [0.15, 0.2) is 17.4 Å². The molecule has 11 heteroatoms. The lowest BCUT2D eigenvalue weighted by molar-refractivity contribution is -0.229. The Labute approximate surface area is 199 Å². The van der Waals surface area contributed by atoms with Crippen LogP contribution in [0.5, 0.6) is 5.88 Å². The number of ether oxygens (including phenoxy) is 2. The first-order chi connectivity index (χ1) is 16.0. The minimum atomic E-state index is -4.13. The molecule has 0 spiro atoms. The van der Waals surface area contributed by atoms with Crippen LogP contribution in [-0.2, 0) is 14.6 Å². The molecule has 0 radical (unpaired) electrons. The van der Waals surface area contributed by atoms with Gasteiger partial charge < -0.3 is 14.4 Å². The van der Waals surface area contributed by atoms with Crippen molar-refractivity contribution < 1.29 is 31.1 Å². The number of nitrogens with zero attached hydrogens (tertiary/aromatic N) is 3. The lowest BCUT2D eigenvalue weighted by atomic mass is 9.84. The maximum Gasteiger partial charge on any atom is 0.395 e. The molecule has 2 heterocycles. The first-order valence-electron chi connectivity index (χ1n) is 12.2. The molecule has 2 saturated carbocycles. The van der Waals surface area contributed by atoms with E-state index >= 15 is 0 Å². The second-order valence-electron chi connectivity index (χ2n) is 10.1. The molecule has 3 fully saturated rings. The summed E-state index contributed by atoms with van der Waals surface area (Å²) in [7, 11) is -3.39. The van der Waals surface area contributed by atoms with Crippen molar-refractivity contribution in [1.29, 1.82) is 0 Å². The Morgan fingerprint density at radius 1 is 0.971 bits per heavy atom. The summed E-state index contributed by atoms with van der Waals surface area (Å²) in [5.74, 6) is 0.308. The molecule has 0 atom stereocenters. The molecule has 2 aliphatic carbocycles. The number of aromatic nitrogens is 2. The summed E-state index contributed by atoms with van der Waals surface area (Å²) in [5, 5.41) is -0.0835. The number of alkyl halides is 3. The van der Waals surface area contributed by atoms with Crippen LogP contribution >= 0.6 is 0 Å². The molecule has 0 unspecified atom stereocenters. The van der Waals surface area contributed by atoms with Crippen LogP contribution in [0.25, 0.3) is 0 Å². The van der Waals surface area contributed by atoms with E-state index in [9.17, 15) is 21.6 Å². The molecule has 3 aliphatic rings. The fourth-order valence-electron chi connectivity index (χ4n) is 5.50. The minimum absolute atomic E-state index is 0.0231. The standard InChI is InChI=1S/C23H34F3N3O4S/c1-34(30,31)21-15-27-20(14-28-21)33-18-6-4-17(5-7-18)32-19-8-12-29(13-9-19)16-22(23(24,25)26)10-2-3-11-22/h14-15,17-19H,2-13,16H2,1H3. The van der Waals surface area contributed by atoms with Crippen LogP contribution in [0.2, 0.25) is 0 Å². The van der Waals surface area contributed by atoms with Crippen LogP contribution in [0, 0.1) is 5.41 Å². The zero-order valence-electron chi connectivity index (χ0n) is 19.6. The maximum atomic E-state index is 13.7. The van der Waals surface area contributed by atoms with Gasteiger partial charge >= 0.3 is 6.18 Å². The van der Waals surface area contributed by atoms with Crippen molar-refractivity contribution in [2.24, 2.45) is 5.41 Å². The van der Waals surface area contributed by atoms with Gasteiger partial charge in [-0.2, -0.15) is 13.2 Å². The SMILES string of the molecule is CS(=O)(=O)c1cnc(OC2CCC(OC3CCN(CC4(C(F)(F)F)CCCC4)CC3)CC2)cn1. The van der Waals surface area contributed by atoms with Gasteiger partial charge in [0.1, 0.15) is 6.10 Å². The Hall–Kier alpha value is -1.46. The van der Waals surface area contributed by atoms with Gasteiger partial charge in [0.15, 0.2) is 14.9 Å². The first-order valence-corrected chi connectivity index (χ1v) is 14.1. The molecule has 192 valence electrons. The smallest absolute Gasteiger partial charge is 0.395 e. The molecule has 0 amide bonds. The van der Waals surface area contributed by atoms with Crippen molar-refractivity contribution in [2.75, 3.05) is 25.9 Å². The molecule has 1 aromatic rings. The number of halogens is 3. The van der Waals surface area contributed by atoms with E-state index in [0.717, 1.165) is 44.8 Å². The first kappa shape index (κ1) is 25.6. The molecule has 1 aromatic heterocycles. The second kappa shape index (κ2) is 10.3. The third-order valence-corrected chi connectivity index (χ3v) is 8.47. The van der Waals surface area contributed by atoms with Crippen LogP contribution < -0.4 is 4.74 Å². The summed E-state index contributed by atoms with van der Waals surface area (Å²) in [4.78, 5) is 9.93. The molecule has 1 aliphatic heterocycles. The third kappa shape index (κ3) is 6.20. The van der Waals surface area contributed by atoms with E-state index in [1.165, 1.54) is 12.4 Å². The van der Waals surface area contributed by atoms with Gasteiger partial charge in [-0.15, -0.1) is 0 Å². The average Bonchev–Trinajstić information content (AvgIpc) is 3.26. The van der Waals surface area contributed by atoms with Crippen molar-refractivity contribution in [1.82, 2.24) is 14.9 Å². The Kier molecular flexibility index (Phi) is 7.74. The zero-order valence-corrected chi connectivity index (χ0v) is 20.4. The quantitative estimate of drug-likeness (QED) is 0.550. The van der Waals surface area contributed by atoms with Crippen molar-refractivity contribution in [3.63, 3.8) is 0 Å². The van der Waals surface area contributed by atoms with Crippen molar-refractivity contribution in [3.05, 3.63) is 12.4 Å². The van der Waals surface area contributed by atoms with E-state index in [2.05, 4.69) is 9.97 Å². The van der Waals surface area contributed by atoms with Crippen LogP contribution in [0.3, 0.4) is 0 Å². The van der Waals surface area contributed by atoms with E-state index in [1.54, 1.807) is 0 Å². The fraction of sp³-hybridized carbons (Fsp3) is 0.826. The van der Waals surface area contributed by atoms with Gasteiger partial charge in [0.25, 0.3) is 0 Å². The number of sulfone groups is 1. The molecule has 1 saturated heterocycles. The van der Waals surface area contributed by atoms with E-state index in [-0.39, 0.29) is 42.7 Å². The highest BCUT2D eigenvalue weighted by Crippen LogP contribution is 2.51. The minimum Gasteiger partial charge on any atom is -0.473 e. The summed E-state index contributed by atoms with van der Waals surface area (Å²) in [6.07, 6.45) is 6.38. The third-order valence-electron chi connectivity index (χ3n) is 7.50. The van der Waals surface area contributed by atoms with Gasteiger partial charge in [0.05, 0.1) is 30.0 Å². The second-order valence-corrected chi connectivity index (χ2v) is 12.0. The lowest BCUT2D eigenvalue weighted by Gasteiger charge is -2.41. The molecule has 0 bridgehead atoms. The highest BCUT2D eigenvalue weighted by molar-refractivity contribution is 7.90. The highest BCUT2D eigenvalue weighted by Gasteiger charge is 2.56. The number of hydrogen-bond acceptors (Lipinski definition) is 7. The van der Waals surface area contributed by atoms with Crippen molar-refractivity contribution in [3.8, 4) is 5.88 Å². The van der Waals surface area contributed by atoms with Gasteiger partial charge in [-0.25, -0.2) is 18.4 Å². The van der Waals surface area contributed by atoms with Crippen molar-refractivity contribution in [2.45, 2.75) is 93.7 Å². The molecule has 0 aromatic carbocycles. The Morgan fingerprint density at radius 2 is 1.56 bits per heavy atom. The summed E-state index contributed by atoms with van der Waals surface area (Å²) < 4.78 is 76.2. The summed E-state index contributed by atoms with van der Waals surface area (Å²) in [6.45, 7) is 1.44. The number of hydrogen-bond donors (Lipinski definition) is 0. The summed E-state index contributed by atoms with van der Waals surface area (Å²) >= 11 is 0. The van der Waals surface area contributed by atoms with Crippen LogP contribution in [0.1, 0.15) is 64.2 Å². The summed E-state index contributed by atoms with van der Waals surface area (Å²) in [5.41, 5.74) is -1.52. The van der Waals surface area contributed by atoms with E-state index < -0.39 is 21.4 Å². The number of likely N-dealkylation sites (tertiary alicyclic amines) is 1. The van der Waals surface area contributed by atoms with Gasteiger partial charge in [-0.1, -0.05) is 12.8 Å². The Morgan fingerprint density at radius 3 is 2.09 bits per heavy atom. The number of rotatable bonds is 7. The van der Waals surface area contributed by atoms with E-state index in [1.807, 2.05) is 4.90 Å². The maximum absolute atomic E-state index is 13.7. The highest BCUT2D eigenvalue weighted by atomic mass is 32.2. The Bertz CT molecular complexity index is 904. The molecule has 7 nitrogen and oxygen atoms in total. The number of piperidine rings is 1. The van der Waals surface area contributed by atoms with E-state index in [0.29, 0.717) is 31.8 Å². The molecule has 34 heavy (non-hydrogen) atoms. The average molecular weight is 506 g/mol. The molecule has 0 N–H and O–H groups in total. The van der Waals surface area contributed by atoms with E-state index in [4.69, 9.17) is 9.47 Å². The van der Waals surface area contributed by atoms with Gasteiger partial charge in [-0.05, 0) is 51.4 Å². The van der Waals surface area contributed by atoms with Crippen LogP contribution in [-0.4, -0.2) is 73.7 Å². The molecular formula is C23H34F3N3O4S. The molecular weight excluding hydrogens is 471 g/mol. The fourth-order valence-corrected chi connectivity index (χ4v) is 5.99. The van der Waals surface area contributed by atoms with Crippen molar-refractivity contribution >= 4 is 9.84 Å². The van der Waals surface area contributed by atoms with Gasteiger partial charge in [0, 0.05) is 25.9 Å². The normalized spacial score (nSPS) is 27.1. The topological polar surface area (TPSA) is 81.6 Å². The predicted molar refractivity (Wildman–Crippen MR) is 119 cm³/mol.